The van der Waals surface area contributed by atoms with Crippen LogP contribution in [0, 0.1) is 5.92 Å². The van der Waals surface area contributed by atoms with Crippen LogP contribution in [0.3, 0.4) is 0 Å². The monoisotopic (exact) mass is 194 g/mol. The molecule has 4 heteroatoms. The molecule has 0 fully saturated rings. The molecular weight excluding hydrogens is 176 g/mol. The highest BCUT2D eigenvalue weighted by molar-refractivity contribution is 4.95. The second-order valence-electron chi connectivity index (χ2n) is 3.58. The predicted octanol–water partition coefficient (Wildman–Crippen LogP) is 1.42. The molecule has 0 aliphatic heterocycles. The van der Waals surface area contributed by atoms with Gasteiger partial charge in [0.05, 0.1) is 6.04 Å². The van der Waals surface area contributed by atoms with E-state index in [4.69, 9.17) is 5.84 Å². The van der Waals surface area contributed by atoms with E-state index in [2.05, 4.69) is 29.2 Å². The summed E-state index contributed by atoms with van der Waals surface area (Å²) in [5, 5.41) is 0. The summed E-state index contributed by atoms with van der Waals surface area (Å²) in [7, 11) is 0. The number of rotatable bonds is 5. The smallest absolute Gasteiger partial charge is 0.146 e. The van der Waals surface area contributed by atoms with Gasteiger partial charge in [0.25, 0.3) is 0 Å². The van der Waals surface area contributed by atoms with Crippen LogP contribution in [0.15, 0.2) is 18.5 Å². The van der Waals surface area contributed by atoms with E-state index in [-0.39, 0.29) is 6.04 Å². The van der Waals surface area contributed by atoms with Gasteiger partial charge in [0, 0.05) is 12.4 Å². The maximum atomic E-state index is 5.48. The van der Waals surface area contributed by atoms with E-state index in [1.165, 1.54) is 0 Å². The molecule has 0 saturated heterocycles. The lowest BCUT2D eigenvalue weighted by Crippen LogP contribution is -2.30. The highest BCUT2D eigenvalue weighted by Crippen LogP contribution is 2.18. The van der Waals surface area contributed by atoms with Crippen molar-refractivity contribution in [2.75, 3.05) is 0 Å². The van der Waals surface area contributed by atoms with Gasteiger partial charge in [-0.15, -0.1) is 0 Å². The minimum atomic E-state index is 0.0612. The average molecular weight is 194 g/mol. The van der Waals surface area contributed by atoms with Crippen LogP contribution in [0.2, 0.25) is 0 Å². The Morgan fingerprint density at radius 3 is 2.57 bits per heavy atom. The largest absolute Gasteiger partial charge is 0.271 e. The van der Waals surface area contributed by atoms with Crippen molar-refractivity contribution in [1.82, 2.24) is 15.4 Å². The molecule has 1 aromatic rings. The first-order chi connectivity index (χ1) is 6.77. The zero-order chi connectivity index (χ0) is 10.4. The summed E-state index contributed by atoms with van der Waals surface area (Å²) in [5.41, 5.74) is 2.76. The van der Waals surface area contributed by atoms with E-state index in [0.717, 1.165) is 18.7 Å². The molecule has 1 heterocycles. The molecule has 0 aliphatic carbocycles. The van der Waals surface area contributed by atoms with Crippen molar-refractivity contribution < 1.29 is 0 Å². The maximum absolute atomic E-state index is 5.48. The van der Waals surface area contributed by atoms with Gasteiger partial charge in [-0.1, -0.05) is 20.3 Å². The van der Waals surface area contributed by atoms with Crippen molar-refractivity contribution in [3.63, 3.8) is 0 Å². The summed E-state index contributed by atoms with van der Waals surface area (Å²) < 4.78 is 0. The lowest BCUT2D eigenvalue weighted by atomic mass is 9.99. The molecule has 0 aromatic carbocycles. The number of hydrazine groups is 1. The number of nitrogens with one attached hydrogen (secondary N) is 1. The van der Waals surface area contributed by atoms with Gasteiger partial charge in [-0.2, -0.15) is 0 Å². The van der Waals surface area contributed by atoms with Crippen LogP contribution >= 0.6 is 0 Å². The minimum absolute atomic E-state index is 0.0612. The first kappa shape index (κ1) is 11.1. The molecule has 1 aromatic heterocycles. The molecule has 0 radical (unpaired) electrons. The van der Waals surface area contributed by atoms with E-state index in [1.54, 1.807) is 18.5 Å². The van der Waals surface area contributed by atoms with Crippen LogP contribution in [0.25, 0.3) is 0 Å². The van der Waals surface area contributed by atoms with E-state index >= 15 is 0 Å². The number of aromatic nitrogens is 2. The zero-order valence-corrected chi connectivity index (χ0v) is 8.77. The molecular formula is C10H18N4. The third kappa shape index (κ3) is 3.05. The zero-order valence-electron chi connectivity index (χ0n) is 8.77. The Kier molecular flexibility index (Phi) is 4.49. The van der Waals surface area contributed by atoms with Crippen LogP contribution in [-0.2, 0) is 0 Å². The van der Waals surface area contributed by atoms with Crippen molar-refractivity contribution in [2.45, 2.75) is 32.7 Å². The third-order valence-electron chi connectivity index (χ3n) is 2.43. The Hall–Kier alpha value is -1.00. The number of nitrogens with two attached hydrogens (primary N) is 1. The standard InChI is InChI=1S/C10H18N4/c1-3-8(2)7-9(14-11)10-12-5-4-6-13-10/h4-6,8-9,14H,3,7,11H2,1-2H3. The summed E-state index contributed by atoms with van der Waals surface area (Å²) in [6.07, 6.45) is 5.59. The molecule has 0 spiro atoms. The fraction of sp³-hybridized carbons (Fsp3) is 0.600. The topological polar surface area (TPSA) is 63.8 Å². The second kappa shape index (κ2) is 5.67. The van der Waals surface area contributed by atoms with E-state index in [1.807, 2.05) is 0 Å². The van der Waals surface area contributed by atoms with E-state index in [9.17, 15) is 0 Å². The Balaban J connectivity index is 2.63. The van der Waals surface area contributed by atoms with Crippen molar-refractivity contribution in [3.8, 4) is 0 Å². The second-order valence-corrected chi connectivity index (χ2v) is 3.58. The van der Waals surface area contributed by atoms with Crippen molar-refractivity contribution in [3.05, 3.63) is 24.3 Å². The fourth-order valence-electron chi connectivity index (χ4n) is 1.31. The Morgan fingerprint density at radius 2 is 2.07 bits per heavy atom. The van der Waals surface area contributed by atoms with Gasteiger partial charge < -0.3 is 0 Å². The van der Waals surface area contributed by atoms with Crippen LogP contribution in [0.5, 0.6) is 0 Å². The highest BCUT2D eigenvalue weighted by atomic mass is 15.2. The van der Waals surface area contributed by atoms with Gasteiger partial charge in [0.1, 0.15) is 5.82 Å². The number of hydrogen-bond donors (Lipinski definition) is 2. The maximum Gasteiger partial charge on any atom is 0.146 e. The first-order valence-electron chi connectivity index (χ1n) is 5.01. The molecule has 0 amide bonds. The Bertz CT molecular complexity index is 250. The van der Waals surface area contributed by atoms with E-state index in [0.29, 0.717) is 5.92 Å². The molecule has 0 aliphatic rings. The number of hydrogen-bond acceptors (Lipinski definition) is 4. The van der Waals surface area contributed by atoms with Gasteiger partial charge in [-0.25, -0.2) is 15.4 Å². The van der Waals surface area contributed by atoms with E-state index < -0.39 is 0 Å². The van der Waals surface area contributed by atoms with Gasteiger partial charge in [0.2, 0.25) is 0 Å². The summed E-state index contributed by atoms with van der Waals surface area (Å²) in [4.78, 5) is 8.37. The number of nitrogens with zero attached hydrogens (tertiary/aromatic N) is 2. The van der Waals surface area contributed by atoms with Crippen molar-refractivity contribution >= 4 is 0 Å². The molecule has 1 rings (SSSR count). The molecule has 0 saturated carbocycles. The Morgan fingerprint density at radius 1 is 1.43 bits per heavy atom. The molecule has 2 unspecified atom stereocenters. The van der Waals surface area contributed by atoms with Crippen molar-refractivity contribution in [1.29, 1.82) is 0 Å². The SMILES string of the molecule is CCC(C)CC(NN)c1ncccn1. The predicted molar refractivity (Wildman–Crippen MR) is 56.2 cm³/mol. The molecule has 0 bridgehead atoms. The average Bonchev–Trinajstić information content (AvgIpc) is 2.26. The molecule has 78 valence electrons. The van der Waals surface area contributed by atoms with Gasteiger partial charge in [-0.3, -0.25) is 5.84 Å². The van der Waals surface area contributed by atoms with Gasteiger partial charge in [-0.05, 0) is 18.4 Å². The first-order valence-corrected chi connectivity index (χ1v) is 5.01. The van der Waals surface area contributed by atoms with Gasteiger partial charge in [0.15, 0.2) is 0 Å². The minimum Gasteiger partial charge on any atom is -0.271 e. The summed E-state index contributed by atoms with van der Waals surface area (Å²) in [6, 6.07) is 1.87. The molecule has 2 atom stereocenters. The lowest BCUT2D eigenvalue weighted by Gasteiger charge is -2.17. The van der Waals surface area contributed by atoms with Crippen LogP contribution in [0.1, 0.15) is 38.6 Å². The fourth-order valence-corrected chi connectivity index (χ4v) is 1.31. The van der Waals surface area contributed by atoms with Crippen LogP contribution in [-0.4, -0.2) is 9.97 Å². The summed E-state index contributed by atoms with van der Waals surface area (Å²) in [5.74, 6) is 6.88. The Labute approximate surface area is 84.9 Å². The summed E-state index contributed by atoms with van der Waals surface area (Å²) in [6.45, 7) is 4.37. The molecule has 3 N–H and O–H groups in total. The normalized spacial score (nSPS) is 15.1. The quantitative estimate of drug-likeness (QED) is 0.549. The van der Waals surface area contributed by atoms with Crippen LogP contribution in [0.4, 0.5) is 0 Å². The highest BCUT2D eigenvalue weighted by Gasteiger charge is 2.14. The third-order valence-corrected chi connectivity index (χ3v) is 2.43. The molecule has 4 nitrogen and oxygen atoms in total. The molecule has 14 heavy (non-hydrogen) atoms. The van der Waals surface area contributed by atoms with Crippen LogP contribution < -0.4 is 11.3 Å². The van der Waals surface area contributed by atoms with Gasteiger partial charge >= 0.3 is 0 Å². The lowest BCUT2D eigenvalue weighted by molar-refractivity contribution is 0.394. The van der Waals surface area contributed by atoms with Crippen molar-refractivity contribution in [2.24, 2.45) is 11.8 Å². The summed E-state index contributed by atoms with van der Waals surface area (Å²) >= 11 is 0.